The van der Waals surface area contributed by atoms with Crippen LogP contribution < -0.4 is 19.5 Å². The molecule has 3 N–H and O–H groups in total. The first-order valence-corrected chi connectivity index (χ1v) is 17.7. The van der Waals surface area contributed by atoms with Crippen molar-refractivity contribution in [1.29, 1.82) is 0 Å². The minimum atomic E-state index is -1.15. The van der Waals surface area contributed by atoms with Crippen molar-refractivity contribution in [1.82, 2.24) is 10.2 Å². The van der Waals surface area contributed by atoms with Gasteiger partial charge in [-0.1, -0.05) is 47.5 Å². The second kappa shape index (κ2) is 15.5. The summed E-state index contributed by atoms with van der Waals surface area (Å²) in [6.07, 6.45) is 4.40. The Morgan fingerprint density at radius 1 is 1.04 bits per heavy atom. The molecule has 264 valence electrons. The molecule has 7 rings (SSSR count). The average molecular weight is 746 g/mol. The number of hydrogen-bond donors (Lipinski definition) is 3. The van der Waals surface area contributed by atoms with E-state index in [-0.39, 0.29) is 45.5 Å². The van der Waals surface area contributed by atoms with Gasteiger partial charge in [0.05, 0.1) is 14.2 Å². The zero-order valence-electron chi connectivity index (χ0n) is 27.4. The molecule has 3 aliphatic heterocycles. The number of aromatic carboxylic acids is 1. The van der Waals surface area contributed by atoms with E-state index < -0.39 is 29.7 Å². The number of methoxy groups -OCH3 is 2. The highest BCUT2D eigenvalue weighted by atomic mass is 35.5. The minimum absolute atomic E-state index is 0.0509. The van der Waals surface area contributed by atoms with Crippen LogP contribution in [0.1, 0.15) is 61.6 Å². The number of thiophene rings is 1. The number of esters is 1. The topological polar surface area (TPSA) is 121 Å². The molecule has 2 bridgehead atoms. The summed E-state index contributed by atoms with van der Waals surface area (Å²) in [5.74, 6) is -1.68. The SMILES string of the molecule is COc1ccc([C@H](Cc2c(Cl)c[n+](O)cc2Cl)c2cc(CNC(C(=O)O[C@H]3CN4CCC3CC4)c3ccccc3F)sc2C(=O)O)cc1OC. The Morgan fingerprint density at radius 2 is 1.74 bits per heavy atom. The van der Waals surface area contributed by atoms with Gasteiger partial charge in [0.25, 0.3) is 0 Å². The number of carbonyl (C=O) groups excluding carboxylic acids is 1. The maximum atomic E-state index is 15.1. The Bertz CT molecular complexity index is 1860. The number of aromatic nitrogens is 1. The molecule has 10 nitrogen and oxygen atoms in total. The molecule has 2 aromatic carbocycles. The van der Waals surface area contributed by atoms with E-state index in [1.54, 1.807) is 36.4 Å². The fraction of sp³-hybridized carbons (Fsp3) is 0.361. The van der Waals surface area contributed by atoms with E-state index in [0.29, 0.717) is 39.6 Å². The lowest BCUT2D eigenvalue weighted by Crippen LogP contribution is -2.52. The molecular weight excluding hydrogens is 708 g/mol. The number of ether oxygens (including phenoxy) is 3. The van der Waals surface area contributed by atoms with Crippen LogP contribution in [0.2, 0.25) is 10.0 Å². The molecule has 3 fully saturated rings. The van der Waals surface area contributed by atoms with E-state index in [1.807, 2.05) is 6.07 Å². The van der Waals surface area contributed by atoms with Crippen molar-refractivity contribution in [3.05, 3.63) is 109 Å². The van der Waals surface area contributed by atoms with E-state index >= 15 is 4.39 Å². The first-order chi connectivity index (χ1) is 24.1. The number of carboxylic acids is 1. The molecule has 14 heteroatoms. The van der Waals surface area contributed by atoms with Crippen molar-refractivity contribution in [3.63, 3.8) is 0 Å². The Balaban J connectivity index is 1.34. The number of hydrogen-bond acceptors (Lipinski definition) is 9. The van der Waals surface area contributed by atoms with Gasteiger partial charge < -0.3 is 19.3 Å². The summed E-state index contributed by atoms with van der Waals surface area (Å²) in [7, 11) is 3.02. The molecule has 5 heterocycles. The fourth-order valence-electron chi connectivity index (χ4n) is 6.88. The third-order valence-electron chi connectivity index (χ3n) is 9.46. The third kappa shape index (κ3) is 7.69. The van der Waals surface area contributed by atoms with E-state index in [9.17, 15) is 19.9 Å². The predicted molar refractivity (Wildman–Crippen MR) is 185 cm³/mol. The van der Waals surface area contributed by atoms with Crippen LogP contribution in [0.25, 0.3) is 0 Å². The molecule has 3 aliphatic rings. The Hall–Kier alpha value is -3.94. The average Bonchev–Trinajstić information content (AvgIpc) is 3.53. The fourth-order valence-corrected chi connectivity index (χ4v) is 8.50. The number of halogens is 3. The van der Waals surface area contributed by atoms with Crippen LogP contribution in [0, 0.1) is 11.7 Å². The maximum absolute atomic E-state index is 15.1. The molecule has 0 aliphatic carbocycles. The molecule has 4 aromatic rings. The van der Waals surface area contributed by atoms with Gasteiger partial charge in [0, 0.05) is 39.7 Å². The van der Waals surface area contributed by atoms with Gasteiger partial charge in [0.15, 0.2) is 11.5 Å². The molecular formula is C36H37Cl2FN3O7S+. The molecule has 0 amide bonds. The number of nitrogens with one attached hydrogen (secondary N) is 1. The van der Waals surface area contributed by atoms with Crippen LogP contribution in [0.3, 0.4) is 0 Å². The first-order valence-electron chi connectivity index (χ1n) is 16.1. The normalized spacial score (nSPS) is 19.5. The lowest BCUT2D eigenvalue weighted by molar-refractivity contribution is -0.904. The Labute approximate surface area is 302 Å². The van der Waals surface area contributed by atoms with Crippen molar-refractivity contribution in [2.75, 3.05) is 33.9 Å². The lowest BCUT2D eigenvalue weighted by atomic mass is 9.85. The van der Waals surface area contributed by atoms with E-state index in [4.69, 9.17) is 37.4 Å². The van der Waals surface area contributed by atoms with Crippen LogP contribution >= 0.6 is 34.5 Å². The quantitative estimate of drug-likeness (QED) is 0.0826. The zero-order valence-corrected chi connectivity index (χ0v) is 29.7. The molecule has 0 spiro atoms. The lowest BCUT2D eigenvalue weighted by Gasteiger charge is -2.44. The van der Waals surface area contributed by atoms with Gasteiger partial charge in [-0.25, -0.2) is 14.0 Å². The van der Waals surface area contributed by atoms with Crippen molar-refractivity contribution in [2.24, 2.45) is 5.92 Å². The standard InChI is InChI=1S/C36H36Cl2FN3O7S/c1-47-30-8-7-21(13-31(30)48-2)24(15-26-27(37)17-42(46)18-28(26)38)25-14-22(50-34(25)35(43)44)16-40-33(23-5-3-4-6-29(23)39)36(45)49-32-19-41-11-9-20(32)10-12-41/h3-8,13-14,17-18,20,24,32-33,40H,9-12,15-16,19H2,1-2H3,(H-,43,44,46)/p+1/t24-,32-,33?/m0/s1. The number of fused-ring (bicyclic) bond motifs is 3. The number of nitrogens with zero attached hydrogens (tertiary/aromatic N) is 2. The van der Waals surface area contributed by atoms with Crippen LogP contribution in [0.4, 0.5) is 4.39 Å². The third-order valence-corrected chi connectivity index (χ3v) is 11.3. The van der Waals surface area contributed by atoms with Crippen molar-refractivity contribution >= 4 is 46.5 Å². The molecule has 50 heavy (non-hydrogen) atoms. The number of pyridine rings is 1. The number of carboxylic acid groups (broad SMARTS) is 1. The highest BCUT2D eigenvalue weighted by molar-refractivity contribution is 7.14. The Morgan fingerprint density at radius 3 is 2.36 bits per heavy atom. The summed E-state index contributed by atoms with van der Waals surface area (Å²) < 4.78 is 32.9. The van der Waals surface area contributed by atoms with Gasteiger partial charge in [-0.3, -0.25) is 15.4 Å². The van der Waals surface area contributed by atoms with Crippen LogP contribution in [0.5, 0.6) is 11.5 Å². The monoisotopic (exact) mass is 744 g/mol. The molecule has 3 atom stereocenters. The second-order valence-corrected chi connectivity index (χ2v) is 14.4. The summed E-state index contributed by atoms with van der Waals surface area (Å²) in [5.41, 5.74) is 1.81. The Kier molecular flexibility index (Phi) is 11.1. The molecule has 2 aromatic heterocycles. The van der Waals surface area contributed by atoms with Gasteiger partial charge in [-0.15, -0.1) is 11.3 Å². The highest BCUT2D eigenvalue weighted by Gasteiger charge is 2.38. The molecule has 0 saturated carbocycles. The van der Waals surface area contributed by atoms with Gasteiger partial charge >= 0.3 is 11.9 Å². The summed E-state index contributed by atoms with van der Waals surface area (Å²) >= 11 is 14.1. The van der Waals surface area contributed by atoms with Crippen molar-refractivity contribution in [2.45, 2.75) is 43.9 Å². The van der Waals surface area contributed by atoms with Gasteiger partial charge in [0.1, 0.15) is 32.9 Å². The molecule has 3 saturated heterocycles. The van der Waals surface area contributed by atoms with E-state index in [2.05, 4.69) is 10.2 Å². The van der Waals surface area contributed by atoms with Gasteiger partial charge in [0.2, 0.25) is 12.4 Å². The van der Waals surface area contributed by atoms with E-state index in [0.717, 1.165) is 42.0 Å². The number of benzene rings is 2. The van der Waals surface area contributed by atoms with Gasteiger partial charge in [-0.05, 0) is 73.7 Å². The van der Waals surface area contributed by atoms with Crippen molar-refractivity contribution in [3.8, 4) is 11.5 Å². The smallest absolute Gasteiger partial charge is 0.346 e. The summed E-state index contributed by atoms with van der Waals surface area (Å²) in [5, 5.41) is 23.9. The van der Waals surface area contributed by atoms with Crippen LogP contribution in [-0.2, 0) is 22.5 Å². The zero-order chi connectivity index (χ0) is 35.5. The minimum Gasteiger partial charge on any atom is -0.493 e. The number of carbonyl (C=O) groups is 2. The largest absolute Gasteiger partial charge is 0.493 e. The molecule has 1 unspecified atom stereocenters. The summed E-state index contributed by atoms with van der Waals surface area (Å²) in [6, 6.07) is 12.0. The summed E-state index contributed by atoms with van der Waals surface area (Å²) in [4.78, 5) is 29.4. The summed E-state index contributed by atoms with van der Waals surface area (Å²) in [6.45, 7) is 2.67. The highest BCUT2D eigenvalue weighted by Crippen LogP contribution is 2.41. The van der Waals surface area contributed by atoms with Crippen molar-refractivity contribution < 1.29 is 43.2 Å². The van der Waals surface area contributed by atoms with E-state index in [1.165, 1.54) is 32.7 Å². The number of piperidine rings is 3. The molecule has 0 radical (unpaired) electrons. The second-order valence-electron chi connectivity index (χ2n) is 12.4. The van der Waals surface area contributed by atoms with Crippen LogP contribution in [-0.4, -0.2) is 67.1 Å². The number of rotatable bonds is 13. The predicted octanol–water partition coefficient (Wildman–Crippen LogP) is 6.28. The maximum Gasteiger partial charge on any atom is 0.346 e. The first kappa shape index (κ1) is 35.9. The van der Waals surface area contributed by atoms with Gasteiger partial charge in [-0.2, -0.15) is 0 Å². The van der Waals surface area contributed by atoms with Crippen LogP contribution in [0.15, 0.2) is 60.9 Å².